The Bertz CT molecular complexity index is 576. The minimum Gasteiger partial charge on any atom is -0.409 e. The third-order valence-corrected chi connectivity index (χ3v) is 4.59. The number of nitrogens with zero attached hydrogens (tertiary/aromatic N) is 1. The SMILES string of the molecule is CC(NS(=O)(=O)c1ccc(Br)cc1Cl)/C(N)=N/O. The molecule has 1 aromatic rings. The van der Waals surface area contributed by atoms with Crippen molar-refractivity contribution in [3.8, 4) is 0 Å². The lowest BCUT2D eigenvalue weighted by Crippen LogP contribution is -2.42. The van der Waals surface area contributed by atoms with E-state index in [9.17, 15) is 8.42 Å². The zero-order valence-corrected chi connectivity index (χ0v) is 12.4. The van der Waals surface area contributed by atoms with Crippen LogP contribution in [0, 0.1) is 0 Å². The molecule has 0 saturated heterocycles. The van der Waals surface area contributed by atoms with E-state index in [0.717, 1.165) is 0 Å². The molecule has 18 heavy (non-hydrogen) atoms. The third-order valence-electron chi connectivity index (χ3n) is 2.07. The zero-order chi connectivity index (χ0) is 13.9. The molecular weight excluding hydrogens is 346 g/mol. The molecule has 0 aliphatic heterocycles. The van der Waals surface area contributed by atoms with E-state index in [1.807, 2.05) is 0 Å². The maximum Gasteiger partial charge on any atom is 0.242 e. The Kier molecular flexibility index (Phi) is 4.97. The molecule has 0 heterocycles. The van der Waals surface area contributed by atoms with Crippen LogP contribution in [-0.2, 0) is 10.0 Å². The number of benzene rings is 1. The van der Waals surface area contributed by atoms with E-state index >= 15 is 0 Å². The van der Waals surface area contributed by atoms with E-state index < -0.39 is 16.1 Å². The van der Waals surface area contributed by atoms with E-state index in [2.05, 4.69) is 25.8 Å². The molecule has 0 aliphatic carbocycles. The number of oxime groups is 1. The first-order chi connectivity index (χ1) is 8.27. The summed E-state index contributed by atoms with van der Waals surface area (Å²) < 4.78 is 26.9. The van der Waals surface area contributed by atoms with Gasteiger partial charge in [-0.1, -0.05) is 32.7 Å². The topological polar surface area (TPSA) is 105 Å². The minimum absolute atomic E-state index is 0.0728. The number of amidine groups is 1. The highest BCUT2D eigenvalue weighted by Crippen LogP contribution is 2.25. The first-order valence-electron chi connectivity index (χ1n) is 4.72. The molecule has 6 nitrogen and oxygen atoms in total. The van der Waals surface area contributed by atoms with Crippen molar-refractivity contribution in [1.82, 2.24) is 4.72 Å². The molecule has 0 amide bonds. The van der Waals surface area contributed by atoms with E-state index in [1.165, 1.54) is 19.1 Å². The second-order valence-electron chi connectivity index (χ2n) is 3.44. The quantitative estimate of drug-likeness (QED) is 0.329. The first kappa shape index (κ1) is 15.2. The van der Waals surface area contributed by atoms with Crippen molar-refractivity contribution in [1.29, 1.82) is 0 Å². The van der Waals surface area contributed by atoms with Crippen molar-refractivity contribution in [3.63, 3.8) is 0 Å². The molecule has 9 heteroatoms. The fourth-order valence-electron chi connectivity index (χ4n) is 1.14. The molecule has 0 aliphatic rings. The van der Waals surface area contributed by atoms with Gasteiger partial charge in [-0.25, -0.2) is 13.1 Å². The van der Waals surface area contributed by atoms with Crippen molar-refractivity contribution in [2.24, 2.45) is 10.9 Å². The van der Waals surface area contributed by atoms with E-state index in [0.29, 0.717) is 4.47 Å². The van der Waals surface area contributed by atoms with Crippen molar-refractivity contribution in [3.05, 3.63) is 27.7 Å². The molecule has 0 aromatic heterocycles. The summed E-state index contributed by atoms with van der Waals surface area (Å²) >= 11 is 9.03. The van der Waals surface area contributed by atoms with Crippen molar-refractivity contribution in [2.45, 2.75) is 17.9 Å². The Morgan fingerprint density at radius 3 is 2.72 bits per heavy atom. The van der Waals surface area contributed by atoms with Crippen LogP contribution >= 0.6 is 27.5 Å². The van der Waals surface area contributed by atoms with Gasteiger partial charge in [0, 0.05) is 4.47 Å². The third kappa shape index (κ3) is 3.58. The molecule has 0 saturated carbocycles. The van der Waals surface area contributed by atoms with Crippen LogP contribution in [0.4, 0.5) is 0 Å². The van der Waals surface area contributed by atoms with Gasteiger partial charge in [0.05, 0.1) is 11.1 Å². The summed E-state index contributed by atoms with van der Waals surface area (Å²) in [7, 11) is -3.84. The van der Waals surface area contributed by atoms with Crippen molar-refractivity contribution >= 4 is 43.4 Å². The van der Waals surface area contributed by atoms with Crippen LogP contribution in [-0.4, -0.2) is 25.5 Å². The second kappa shape index (κ2) is 5.87. The summed E-state index contributed by atoms with van der Waals surface area (Å²) in [5, 5.41) is 11.3. The molecule has 1 aromatic carbocycles. The Labute approximate surface area is 118 Å². The number of halogens is 2. The monoisotopic (exact) mass is 355 g/mol. The fraction of sp³-hybridized carbons (Fsp3) is 0.222. The van der Waals surface area contributed by atoms with E-state index in [1.54, 1.807) is 6.07 Å². The highest BCUT2D eigenvalue weighted by Gasteiger charge is 2.22. The number of hydrogen-bond acceptors (Lipinski definition) is 4. The van der Waals surface area contributed by atoms with Crippen molar-refractivity contribution in [2.75, 3.05) is 0 Å². The number of nitrogens with two attached hydrogens (primary N) is 1. The smallest absolute Gasteiger partial charge is 0.242 e. The van der Waals surface area contributed by atoms with Crippen LogP contribution in [0.25, 0.3) is 0 Å². The van der Waals surface area contributed by atoms with Gasteiger partial charge in [0.2, 0.25) is 10.0 Å². The van der Waals surface area contributed by atoms with Crippen LogP contribution in [0.1, 0.15) is 6.92 Å². The molecular formula is C9H11BrClN3O3S. The molecule has 1 rings (SSSR count). The summed E-state index contributed by atoms with van der Waals surface area (Å²) in [6.45, 7) is 1.44. The van der Waals surface area contributed by atoms with Gasteiger partial charge in [0.1, 0.15) is 4.90 Å². The van der Waals surface area contributed by atoms with Gasteiger partial charge in [-0.2, -0.15) is 0 Å². The Morgan fingerprint density at radius 1 is 1.61 bits per heavy atom. The standard InChI is InChI=1S/C9H11BrClN3O3S/c1-5(9(12)13-15)14-18(16,17)8-3-2-6(10)4-7(8)11/h2-5,14-15H,1H3,(H2,12,13). The van der Waals surface area contributed by atoms with Crippen molar-refractivity contribution < 1.29 is 13.6 Å². The summed E-state index contributed by atoms with van der Waals surface area (Å²) in [6.07, 6.45) is 0. The van der Waals surface area contributed by atoms with Crippen LogP contribution in [0.5, 0.6) is 0 Å². The largest absolute Gasteiger partial charge is 0.409 e. The molecule has 100 valence electrons. The molecule has 0 fully saturated rings. The Hall–Kier alpha value is -0.830. The van der Waals surface area contributed by atoms with Crippen LogP contribution in [0.2, 0.25) is 5.02 Å². The summed E-state index contributed by atoms with van der Waals surface area (Å²) in [4.78, 5) is -0.0787. The maximum absolute atomic E-state index is 12.0. The van der Waals surface area contributed by atoms with Gasteiger partial charge < -0.3 is 10.9 Å². The van der Waals surface area contributed by atoms with Gasteiger partial charge in [-0.05, 0) is 25.1 Å². The average molecular weight is 357 g/mol. The minimum atomic E-state index is -3.84. The van der Waals surface area contributed by atoms with E-state index in [4.69, 9.17) is 22.5 Å². The normalized spacial score (nSPS) is 14.5. The highest BCUT2D eigenvalue weighted by molar-refractivity contribution is 9.10. The Balaban J connectivity index is 3.07. The van der Waals surface area contributed by atoms with Crippen LogP contribution in [0.3, 0.4) is 0 Å². The fourth-order valence-corrected chi connectivity index (χ4v) is 3.39. The van der Waals surface area contributed by atoms with Gasteiger partial charge in [-0.15, -0.1) is 0 Å². The summed E-state index contributed by atoms with van der Waals surface area (Å²) in [6, 6.07) is 3.52. The molecule has 1 unspecified atom stereocenters. The second-order valence-corrected chi connectivity index (χ2v) is 6.45. The van der Waals surface area contributed by atoms with Gasteiger partial charge >= 0.3 is 0 Å². The number of rotatable bonds is 4. The zero-order valence-electron chi connectivity index (χ0n) is 9.26. The van der Waals surface area contributed by atoms with Gasteiger partial charge in [-0.3, -0.25) is 0 Å². The predicted octanol–water partition coefficient (Wildman–Crippen LogP) is 1.52. The lowest BCUT2D eigenvalue weighted by Gasteiger charge is -2.13. The van der Waals surface area contributed by atoms with E-state index in [-0.39, 0.29) is 15.8 Å². The summed E-state index contributed by atoms with van der Waals surface area (Å²) in [5.74, 6) is -0.244. The molecule has 1 atom stereocenters. The molecule has 0 spiro atoms. The first-order valence-corrected chi connectivity index (χ1v) is 7.38. The molecule has 0 radical (unpaired) electrons. The van der Waals surface area contributed by atoms with Crippen LogP contribution < -0.4 is 10.5 Å². The average Bonchev–Trinajstić information content (AvgIpc) is 2.26. The maximum atomic E-state index is 12.0. The number of nitrogens with one attached hydrogen (secondary N) is 1. The lowest BCUT2D eigenvalue weighted by molar-refractivity contribution is 0.316. The molecule has 0 bridgehead atoms. The van der Waals surface area contributed by atoms with Gasteiger partial charge in [0.15, 0.2) is 5.84 Å². The molecule has 4 N–H and O–H groups in total. The summed E-state index contributed by atoms with van der Waals surface area (Å²) in [5.41, 5.74) is 5.30. The van der Waals surface area contributed by atoms with Gasteiger partial charge in [0.25, 0.3) is 0 Å². The number of hydrogen-bond donors (Lipinski definition) is 3. The Morgan fingerprint density at radius 2 is 2.22 bits per heavy atom. The predicted molar refractivity (Wildman–Crippen MR) is 72.3 cm³/mol. The highest BCUT2D eigenvalue weighted by atomic mass is 79.9. The van der Waals surface area contributed by atoms with Crippen LogP contribution in [0.15, 0.2) is 32.7 Å². The lowest BCUT2D eigenvalue weighted by atomic mass is 10.3. The number of sulfonamides is 1.